The Morgan fingerprint density at radius 3 is 2.38 bits per heavy atom. The second-order valence-corrected chi connectivity index (χ2v) is 16.9. The third-order valence-corrected chi connectivity index (χ3v) is 12.5. The number of carbonyl (C=O) groups excluding carboxylic acids is 3. The summed E-state index contributed by atoms with van der Waals surface area (Å²) in [6, 6.07) is 22.9. The first-order chi connectivity index (χ1) is 31.0. The number of carbonyl (C=O) groups is 4. The number of phenols is 1. The Morgan fingerprint density at radius 2 is 1.59 bits per heavy atom. The lowest BCUT2D eigenvalue weighted by Gasteiger charge is -2.40. The summed E-state index contributed by atoms with van der Waals surface area (Å²) in [6.07, 6.45) is 7.92. The number of hydrogen-bond donors (Lipinski definition) is 5. The van der Waals surface area contributed by atoms with Crippen molar-refractivity contribution in [1.29, 1.82) is 0 Å². The van der Waals surface area contributed by atoms with E-state index in [9.17, 15) is 34.2 Å². The minimum absolute atomic E-state index is 0.00242. The van der Waals surface area contributed by atoms with Gasteiger partial charge in [0.2, 0.25) is 5.91 Å². The van der Waals surface area contributed by atoms with E-state index in [2.05, 4.69) is 20.9 Å². The van der Waals surface area contributed by atoms with Gasteiger partial charge < -0.3 is 40.1 Å². The van der Waals surface area contributed by atoms with Gasteiger partial charge in [-0.15, -0.1) is 0 Å². The highest BCUT2D eigenvalue weighted by molar-refractivity contribution is 7.80. The van der Waals surface area contributed by atoms with Crippen LogP contribution in [0.25, 0.3) is 33.4 Å². The van der Waals surface area contributed by atoms with Gasteiger partial charge in [-0.05, 0) is 118 Å². The highest BCUT2D eigenvalue weighted by Gasteiger charge is 2.51. The molecule has 0 spiro atoms. The van der Waals surface area contributed by atoms with Crippen molar-refractivity contribution in [3.05, 3.63) is 106 Å². The van der Waals surface area contributed by atoms with Gasteiger partial charge in [-0.25, -0.2) is 9.59 Å². The zero-order chi connectivity index (χ0) is 45.2. The molecule has 2 saturated heterocycles. The largest absolute Gasteiger partial charge is 0.508 e. The van der Waals surface area contributed by atoms with E-state index in [1.165, 1.54) is 30.3 Å². The maximum Gasteiger partial charge on any atom is 0.338 e. The summed E-state index contributed by atoms with van der Waals surface area (Å²) in [5.74, 6) is -2.20. The van der Waals surface area contributed by atoms with Crippen molar-refractivity contribution in [3.63, 3.8) is 0 Å². The van der Waals surface area contributed by atoms with Gasteiger partial charge in [0.25, 0.3) is 0 Å². The fraction of sp³-hybridized carbons (Fsp3) is 0.388. The molecular weight excluding hydrogens is 837 g/mol. The molecule has 1 amide bonds. The number of benzene rings is 4. The normalized spacial score (nSPS) is 18.1. The lowest BCUT2D eigenvalue weighted by Crippen LogP contribution is -2.53. The van der Waals surface area contributed by atoms with Crippen molar-refractivity contribution in [2.75, 3.05) is 32.1 Å². The van der Waals surface area contributed by atoms with Crippen LogP contribution in [0.1, 0.15) is 91.3 Å². The average Bonchev–Trinajstić information content (AvgIpc) is 3.50. The molecule has 4 aliphatic rings. The van der Waals surface area contributed by atoms with Crippen LogP contribution in [0.3, 0.4) is 0 Å². The van der Waals surface area contributed by atoms with E-state index in [0.717, 1.165) is 44.9 Å². The van der Waals surface area contributed by atoms with Crippen LogP contribution in [0.15, 0.2) is 94.1 Å². The monoisotopic (exact) mass is 890 g/mol. The maximum atomic E-state index is 13.3. The van der Waals surface area contributed by atoms with Gasteiger partial charge in [-0.3, -0.25) is 19.3 Å². The number of phenolic OH excluding ortho intramolecular Hbond substituents is 1. The Bertz CT molecular complexity index is 2510. The van der Waals surface area contributed by atoms with Crippen molar-refractivity contribution in [3.8, 4) is 28.2 Å². The quantitative estimate of drug-likeness (QED) is 0.0234. The molecule has 3 aromatic rings. The molecule has 3 aromatic carbocycles. The number of esters is 2. The van der Waals surface area contributed by atoms with Crippen molar-refractivity contribution in [1.82, 2.24) is 15.5 Å². The number of carboxylic acid groups (broad SMARTS) is 1. The van der Waals surface area contributed by atoms with Crippen LogP contribution >= 0.6 is 12.2 Å². The molecule has 15 heteroatoms. The van der Waals surface area contributed by atoms with E-state index in [-0.39, 0.29) is 53.1 Å². The zero-order valence-electron chi connectivity index (χ0n) is 35.8. The van der Waals surface area contributed by atoms with Gasteiger partial charge in [0.1, 0.15) is 29.1 Å². The minimum Gasteiger partial charge on any atom is -0.508 e. The molecule has 0 radical (unpaired) electrons. The first-order valence-electron chi connectivity index (χ1n) is 22.0. The van der Waals surface area contributed by atoms with E-state index < -0.39 is 24.0 Å². The van der Waals surface area contributed by atoms with E-state index in [0.29, 0.717) is 82.8 Å². The Labute approximate surface area is 376 Å². The lowest BCUT2D eigenvalue weighted by atomic mass is 9.87. The molecule has 0 unspecified atom stereocenters. The van der Waals surface area contributed by atoms with Crippen LogP contribution in [0.2, 0.25) is 0 Å². The van der Waals surface area contributed by atoms with Crippen LogP contribution in [-0.4, -0.2) is 89.0 Å². The van der Waals surface area contributed by atoms with Gasteiger partial charge in [0.05, 0.1) is 17.7 Å². The van der Waals surface area contributed by atoms with Gasteiger partial charge in [-0.1, -0.05) is 37.1 Å². The number of fused-ring (bicyclic) bond motifs is 4. The summed E-state index contributed by atoms with van der Waals surface area (Å²) >= 11 is 5.49. The van der Waals surface area contributed by atoms with E-state index in [1.807, 2.05) is 13.1 Å². The number of rotatable bonds is 19. The Balaban J connectivity index is 0.764. The first kappa shape index (κ1) is 45.7. The minimum atomic E-state index is -1.15. The highest BCUT2D eigenvalue weighted by Crippen LogP contribution is 2.43. The van der Waals surface area contributed by atoms with E-state index >= 15 is 0 Å². The number of ether oxygens (including phenoxy) is 2. The molecule has 2 fully saturated rings. The predicted molar refractivity (Wildman–Crippen MR) is 247 cm³/mol. The van der Waals surface area contributed by atoms with E-state index in [1.54, 1.807) is 48.5 Å². The standard InChI is InChI=1S/C49H54N4O10S/c1-53-32-16-22-39(53)45(42(27-32)63-47(59)30-12-6-4-7-13-30)48(60)61-25-11-5-8-14-43(56)50-23-9-2-3-10-24-51-49(64)52-31-15-19-35(38(26-31)46(57)58)44-36-20-17-33(54)28-40(36)62-41-29-34(55)18-21-37(41)44/h4,6-7,12-13,15,17-21,26,28-29,32,39,42,45,54H,2-3,5,8-11,14,16,22-25,27H2,1H3,(H,50,56)(H,57,58)(H2,51,52,64)/t32-,39+,42-,45+/m0/s1. The fourth-order valence-electron chi connectivity index (χ4n) is 8.93. The number of amides is 1. The molecule has 3 aliphatic heterocycles. The summed E-state index contributed by atoms with van der Waals surface area (Å²) in [5.41, 5.74) is 2.53. The second kappa shape index (κ2) is 21.4. The molecule has 0 aromatic heterocycles. The smallest absolute Gasteiger partial charge is 0.338 e. The molecule has 1 aliphatic carbocycles. The zero-order valence-corrected chi connectivity index (χ0v) is 36.6. The molecule has 5 N–H and O–H groups in total. The number of aromatic carboxylic acids is 1. The molecule has 0 saturated carbocycles. The number of piperidine rings is 1. The average molecular weight is 891 g/mol. The molecule has 14 nitrogen and oxygen atoms in total. The number of thiocarbonyl (C=S) groups is 1. The maximum absolute atomic E-state index is 13.3. The molecule has 2 bridgehead atoms. The highest BCUT2D eigenvalue weighted by atomic mass is 32.1. The van der Waals surface area contributed by atoms with Crippen LogP contribution in [0, 0.1) is 5.92 Å². The number of hydrogen-bond acceptors (Lipinski definition) is 11. The molecule has 3 heterocycles. The number of carboxylic acids is 1. The van der Waals surface area contributed by atoms with Crippen molar-refractivity contribution in [2.45, 2.75) is 88.8 Å². The van der Waals surface area contributed by atoms with Gasteiger partial charge in [-0.2, -0.15) is 0 Å². The Kier molecular flexibility index (Phi) is 15.3. The van der Waals surface area contributed by atoms with Crippen LogP contribution in [0.4, 0.5) is 5.69 Å². The number of unbranched alkanes of at least 4 members (excludes halogenated alkanes) is 5. The van der Waals surface area contributed by atoms with Crippen LogP contribution in [0.5, 0.6) is 5.75 Å². The summed E-state index contributed by atoms with van der Waals surface area (Å²) in [7, 11) is 2.03. The van der Waals surface area contributed by atoms with Crippen LogP contribution in [-0.2, 0) is 19.1 Å². The summed E-state index contributed by atoms with van der Waals surface area (Å²) in [6.45, 7) is 1.45. The van der Waals surface area contributed by atoms with E-state index in [4.69, 9.17) is 26.1 Å². The van der Waals surface area contributed by atoms with Crippen molar-refractivity contribution < 1.29 is 43.3 Å². The van der Waals surface area contributed by atoms with Crippen molar-refractivity contribution in [2.24, 2.45) is 5.92 Å². The van der Waals surface area contributed by atoms with Gasteiger partial charge in [0.15, 0.2) is 10.5 Å². The predicted octanol–water partition coefficient (Wildman–Crippen LogP) is 7.74. The Morgan fingerprint density at radius 1 is 0.844 bits per heavy atom. The molecule has 336 valence electrons. The topological polar surface area (TPSA) is 197 Å². The fourth-order valence-corrected chi connectivity index (χ4v) is 9.15. The number of aromatic hydroxyl groups is 1. The Hall–Kier alpha value is -6.32. The third-order valence-electron chi connectivity index (χ3n) is 12.2. The molecule has 4 atom stereocenters. The molecule has 7 rings (SSSR count). The third kappa shape index (κ3) is 11.2. The summed E-state index contributed by atoms with van der Waals surface area (Å²) < 4.78 is 17.5. The summed E-state index contributed by atoms with van der Waals surface area (Å²) in [5, 5.41) is 30.5. The van der Waals surface area contributed by atoms with Gasteiger partial charge >= 0.3 is 17.9 Å². The number of anilines is 1. The van der Waals surface area contributed by atoms with Gasteiger partial charge in [0, 0.05) is 72.3 Å². The molecular formula is C49H54N4O10S. The number of nitrogens with one attached hydrogen (secondary N) is 3. The second-order valence-electron chi connectivity index (χ2n) is 16.5. The summed E-state index contributed by atoms with van der Waals surface area (Å²) in [4.78, 5) is 65.5. The van der Waals surface area contributed by atoms with Crippen LogP contribution < -0.4 is 21.4 Å². The number of nitrogens with zero attached hydrogens (tertiary/aromatic N) is 1. The van der Waals surface area contributed by atoms with Crippen molar-refractivity contribution >= 4 is 57.8 Å². The lowest BCUT2D eigenvalue weighted by molar-refractivity contribution is -0.159. The SMILES string of the molecule is CN1[C@H]2CC[C@@H]1[C@@H](C(=O)OCCCCCC(=O)NCCCCCCNC(=S)Nc1ccc(-c3c4ccc(=O)cc-4oc4cc(O)ccc34)c(C(=O)O)c1)[C@@H](OC(=O)c1ccccc1)C2. The first-order valence-corrected chi connectivity index (χ1v) is 22.4. The molecule has 64 heavy (non-hydrogen) atoms.